The van der Waals surface area contributed by atoms with Gasteiger partial charge in [0, 0.05) is 37.9 Å². The van der Waals surface area contributed by atoms with Crippen LogP contribution in [0.15, 0.2) is 31.2 Å². The van der Waals surface area contributed by atoms with Gasteiger partial charge in [-0.2, -0.15) is 0 Å². The Kier molecular flexibility index (Phi) is 4.06. The molecule has 3 heterocycles. The molecule has 3 N–H and O–H groups in total. The number of hydrogen-bond acceptors (Lipinski definition) is 5. The molecule has 0 spiro atoms. The van der Waals surface area contributed by atoms with Crippen LogP contribution < -0.4 is 5.32 Å². The number of carbonyl (C=O) groups excluding carboxylic acids is 1. The fourth-order valence-corrected chi connectivity index (χ4v) is 2.93. The van der Waals surface area contributed by atoms with Gasteiger partial charge in [-0.25, -0.2) is 9.97 Å². The van der Waals surface area contributed by atoms with Crippen LogP contribution in [-0.2, 0) is 4.79 Å². The first kappa shape index (κ1) is 14.5. The molecule has 1 aliphatic heterocycles. The number of nitrogens with one attached hydrogen (secondary N) is 2. The number of anilines is 1. The first-order chi connectivity index (χ1) is 10.7. The summed E-state index contributed by atoms with van der Waals surface area (Å²) in [6, 6.07) is 1.94. The standard InChI is InChI=1S/C15H19N5O2/c1-2-13(22)20-6-10(8-21)5-11(7-20)19-15-12-3-4-16-14(12)17-9-18-15/h2-4,9-11,21H,1,5-8H2,(H2,16,17,18,19)/t10-,11+/m1/s1. The highest BCUT2D eigenvalue weighted by molar-refractivity contribution is 5.88. The van der Waals surface area contributed by atoms with Gasteiger partial charge in [0.25, 0.3) is 0 Å². The van der Waals surface area contributed by atoms with Gasteiger partial charge in [-0.15, -0.1) is 0 Å². The van der Waals surface area contributed by atoms with Crippen LogP contribution in [0.4, 0.5) is 5.82 Å². The summed E-state index contributed by atoms with van der Waals surface area (Å²) in [5, 5.41) is 13.7. The SMILES string of the molecule is C=CC(=O)N1C[C@H](CO)C[C@H](Nc2ncnc3[nH]ccc23)C1. The first-order valence-electron chi connectivity index (χ1n) is 7.28. The van der Waals surface area contributed by atoms with Gasteiger partial charge < -0.3 is 20.3 Å². The molecule has 2 atom stereocenters. The van der Waals surface area contributed by atoms with E-state index in [0.29, 0.717) is 13.1 Å². The Labute approximate surface area is 128 Å². The van der Waals surface area contributed by atoms with Gasteiger partial charge in [0.05, 0.1) is 5.39 Å². The van der Waals surface area contributed by atoms with Crippen LogP contribution in [0.5, 0.6) is 0 Å². The van der Waals surface area contributed by atoms with E-state index in [1.807, 2.05) is 12.3 Å². The van der Waals surface area contributed by atoms with Gasteiger partial charge in [0.2, 0.25) is 5.91 Å². The van der Waals surface area contributed by atoms with Gasteiger partial charge in [-0.05, 0) is 18.6 Å². The average Bonchev–Trinajstić information content (AvgIpc) is 3.03. The minimum Gasteiger partial charge on any atom is -0.396 e. The Morgan fingerprint density at radius 2 is 2.41 bits per heavy atom. The van der Waals surface area contributed by atoms with Crippen molar-refractivity contribution in [2.24, 2.45) is 5.92 Å². The van der Waals surface area contributed by atoms with E-state index < -0.39 is 0 Å². The van der Waals surface area contributed by atoms with Crippen molar-refractivity contribution < 1.29 is 9.90 Å². The number of aromatic amines is 1. The second-order valence-electron chi connectivity index (χ2n) is 5.54. The number of aromatic nitrogens is 3. The van der Waals surface area contributed by atoms with Crippen molar-refractivity contribution in [3.8, 4) is 0 Å². The number of carbonyl (C=O) groups is 1. The molecule has 22 heavy (non-hydrogen) atoms. The Morgan fingerprint density at radius 1 is 1.55 bits per heavy atom. The lowest BCUT2D eigenvalue weighted by atomic mass is 9.94. The molecule has 0 aromatic carbocycles. The predicted octanol–water partition coefficient (Wildman–Crippen LogP) is 0.765. The van der Waals surface area contributed by atoms with Crippen LogP contribution in [-0.4, -0.2) is 56.6 Å². The van der Waals surface area contributed by atoms with Gasteiger partial charge in [0.1, 0.15) is 17.8 Å². The van der Waals surface area contributed by atoms with Gasteiger partial charge in [-0.3, -0.25) is 4.79 Å². The molecule has 0 unspecified atom stereocenters. The molecule has 3 rings (SSSR count). The molecule has 1 fully saturated rings. The Morgan fingerprint density at radius 3 is 3.18 bits per heavy atom. The highest BCUT2D eigenvalue weighted by atomic mass is 16.3. The fraction of sp³-hybridized carbons (Fsp3) is 0.400. The smallest absolute Gasteiger partial charge is 0.246 e. The number of rotatable bonds is 4. The molecule has 1 amide bonds. The zero-order valence-corrected chi connectivity index (χ0v) is 12.2. The second kappa shape index (κ2) is 6.15. The van der Waals surface area contributed by atoms with Crippen LogP contribution in [0.25, 0.3) is 11.0 Å². The minimum absolute atomic E-state index is 0.0304. The van der Waals surface area contributed by atoms with E-state index in [-0.39, 0.29) is 24.5 Å². The summed E-state index contributed by atoms with van der Waals surface area (Å²) >= 11 is 0. The van der Waals surface area contributed by atoms with E-state index in [0.717, 1.165) is 23.3 Å². The van der Waals surface area contributed by atoms with Crippen molar-refractivity contribution >= 4 is 22.8 Å². The summed E-state index contributed by atoms with van der Waals surface area (Å²) in [4.78, 5) is 25.1. The molecule has 2 aromatic rings. The quantitative estimate of drug-likeness (QED) is 0.725. The second-order valence-corrected chi connectivity index (χ2v) is 5.54. The lowest BCUT2D eigenvalue weighted by molar-refractivity contribution is -0.128. The highest BCUT2D eigenvalue weighted by Crippen LogP contribution is 2.23. The summed E-state index contributed by atoms with van der Waals surface area (Å²) in [5.41, 5.74) is 0.769. The maximum absolute atomic E-state index is 11.9. The molecular formula is C15H19N5O2. The molecule has 0 aliphatic carbocycles. The van der Waals surface area contributed by atoms with E-state index in [1.165, 1.54) is 12.4 Å². The third kappa shape index (κ3) is 2.80. The van der Waals surface area contributed by atoms with Gasteiger partial charge in [0.15, 0.2) is 0 Å². The van der Waals surface area contributed by atoms with Crippen LogP contribution in [0.1, 0.15) is 6.42 Å². The van der Waals surface area contributed by atoms with Crippen molar-refractivity contribution in [2.75, 3.05) is 25.0 Å². The predicted molar refractivity (Wildman–Crippen MR) is 83.3 cm³/mol. The van der Waals surface area contributed by atoms with Crippen molar-refractivity contribution in [3.63, 3.8) is 0 Å². The number of likely N-dealkylation sites (tertiary alicyclic amines) is 1. The zero-order chi connectivity index (χ0) is 15.5. The molecule has 1 aliphatic rings. The maximum Gasteiger partial charge on any atom is 0.246 e. The van der Waals surface area contributed by atoms with Gasteiger partial charge in [-0.1, -0.05) is 6.58 Å². The van der Waals surface area contributed by atoms with Crippen molar-refractivity contribution in [2.45, 2.75) is 12.5 Å². The Hall–Kier alpha value is -2.41. The maximum atomic E-state index is 11.9. The van der Waals surface area contributed by atoms with E-state index in [4.69, 9.17) is 0 Å². The van der Waals surface area contributed by atoms with Gasteiger partial charge >= 0.3 is 0 Å². The van der Waals surface area contributed by atoms with E-state index in [9.17, 15) is 9.90 Å². The van der Waals surface area contributed by atoms with Crippen molar-refractivity contribution in [3.05, 3.63) is 31.2 Å². The number of hydrogen-bond donors (Lipinski definition) is 3. The number of aliphatic hydroxyl groups is 1. The lowest BCUT2D eigenvalue weighted by Gasteiger charge is -2.37. The van der Waals surface area contributed by atoms with Crippen molar-refractivity contribution in [1.82, 2.24) is 19.9 Å². The number of aliphatic hydroxyl groups excluding tert-OH is 1. The monoisotopic (exact) mass is 301 g/mol. The highest BCUT2D eigenvalue weighted by Gasteiger charge is 2.29. The zero-order valence-electron chi connectivity index (χ0n) is 12.2. The minimum atomic E-state index is -0.112. The first-order valence-corrected chi connectivity index (χ1v) is 7.28. The number of fused-ring (bicyclic) bond motifs is 1. The summed E-state index contributed by atoms with van der Waals surface area (Å²) in [5.74, 6) is 0.680. The topological polar surface area (TPSA) is 94.1 Å². The molecule has 2 aromatic heterocycles. The molecule has 7 heteroatoms. The fourth-order valence-electron chi connectivity index (χ4n) is 2.93. The third-order valence-electron chi connectivity index (χ3n) is 3.98. The van der Waals surface area contributed by atoms with Crippen LogP contribution in [0, 0.1) is 5.92 Å². The summed E-state index contributed by atoms with van der Waals surface area (Å²) in [6.45, 7) is 4.71. The summed E-state index contributed by atoms with van der Waals surface area (Å²) in [6.07, 6.45) is 5.41. The van der Waals surface area contributed by atoms with Crippen molar-refractivity contribution in [1.29, 1.82) is 0 Å². The normalized spacial score (nSPS) is 21.8. The molecule has 1 saturated heterocycles. The number of nitrogens with zero attached hydrogens (tertiary/aromatic N) is 3. The Balaban J connectivity index is 1.79. The number of amides is 1. The van der Waals surface area contributed by atoms with Crippen LogP contribution >= 0.6 is 0 Å². The molecular weight excluding hydrogens is 282 g/mol. The molecule has 0 saturated carbocycles. The largest absolute Gasteiger partial charge is 0.396 e. The molecule has 0 bridgehead atoms. The van der Waals surface area contributed by atoms with E-state index in [1.54, 1.807) is 4.90 Å². The van der Waals surface area contributed by atoms with Crippen LogP contribution in [0.3, 0.4) is 0 Å². The average molecular weight is 301 g/mol. The third-order valence-corrected chi connectivity index (χ3v) is 3.98. The summed E-state index contributed by atoms with van der Waals surface area (Å²) < 4.78 is 0. The lowest BCUT2D eigenvalue weighted by Crippen LogP contribution is -2.49. The summed E-state index contributed by atoms with van der Waals surface area (Å²) in [7, 11) is 0. The number of piperidine rings is 1. The van der Waals surface area contributed by atoms with E-state index >= 15 is 0 Å². The number of H-pyrrole nitrogens is 1. The Bertz CT molecular complexity index is 683. The van der Waals surface area contributed by atoms with Crippen LogP contribution in [0.2, 0.25) is 0 Å². The molecule has 116 valence electrons. The molecule has 0 radical (unpaired) electrons. The van der Waals surface area contributed by atoms with E-state index in [2.05, 4.69) is 26.8 Å². The molecule has 7 nitrogen and oxygen atoms in total.